The summed E-state index contributed by atoms with van der Waals surface area (Å²) in [6.45, 7) is 7.32. The SMILES string of the molecule is CCCNc1nc(-c2ccco2)nc(C(C)C)c1I. The molecule has 0 atom stereocenters. The summed E-state index contributed by atoms with van der Waals surface area (Å²) in [7, 11) is 0. The van der Waals surface area contributed by atoms with Crippen LogP contribution in [0.15, 0.2) is 22.8 Å². The topological polar surface area (TPSA) is 51.0 Å². The van der Waals surface area contributed by atoms with Gasteiger partial charge >= 0.3 is 0 Å². The fraction of sp³-hybridized carbons (Fsp3) is 0.429. The average Bonchev–Trinajstić information content (AvgIpc) is 2.91. The lowest BCUT2D eigenvalue weighted by molar-refractivity contribution is 0.576. The molecule has 0 amide bonds. The number of anilines is 1. The van der Waals surface area contributed by atoms with Gasteiger partial charge in [0.15, 0.2) is 11.6 Å². The van der Waals surface area contributed by atoms with Crippen molar-refractivity contribution in [3.8, 4) is 11.6 Å². The fourth-order valence-electron chi connectivity index (χ4n) is 1.72. The van der Waals surface area contributed by atoms with Gasteiger partial charge in [0.25, 0.3) is 0 Å². The van der Waals surface area contributed by atoms with Gasteiger partial charge in [-0.05, 0) is 47.1 Å². The van der Waals surface area contributed by atoms with E-state index >= 15 is 0 Å². The van der Waals surface area contributed by atoms with E-state index in [-0.39, 0.29) is 0 Å². The van der Waals surface area contributed by atoms with Crippen molar-refractivity contribution in [2.24, 2.45) is 0 Å². The van der Waals surface area contributed by atoms with Crippen LogP contribution in [0.4, 0.5) is 5.82 Å². The van der Waals surface area contributed by atoms with E-state index in [1.165, 1.54) is 0 Å². The van der Waals surface area contributed by atoms with Gasteiger partial charge in [-0.25, -0.2) is 9.97 Å². The highest BCUT2D eigenvalue weighted by Gasteiger charge is 2.16. The number of nitrogens with zero attached hydrogens (tertiary/aromatic N) is 2. The molecule has 1 N–H and O–H groups in total. The number of rotatable bonds is 5. The van der Waals surface area contributed by atoms with E-state index in [0.717, 1.165) is 28.0 Å². The first-order valence-corrected chi connectivity index (χ1v) is 7.56. The third-order valence-electron chi connectivity index (χ3n) is 2.71. The van der Waals surface area contributed by atoms with E-state index in [9.17, 15) is 0 Å². The first-order chi connectivity index (χ1) is 9.13. The number of aromatic nitrogens is 2. The van der Waals surface area contributed by atoms with Gasteiger partial charge in [-0.15, -0.1) is 0 Å². The zero-order valence-electron chi connectivity index (χ0n) is 11.4. The van der Waals surface area contributed by atoms with Gasteiger partial charge in [0.2, 0.25) is 0 Å². The van der Waals surface area contributed by atoms with Crippen LogP contribution in [-0.4, -0.2) is 16.5 Å². The van der Waals surface area contributed by atoms with Crippen LogP contribution in [0.25, 0.3) is 11.6 Å². The van der Waals surface area contributed by atoms with Gasteiger partial charge in [0, 0.05) is 6.54 Å². The van der Waals surface area contributed by atoms with E-state index in [4.69, 9.17) is 4.42 Å². The quantitative estimate of drug-likeness (QED) is 0.797. The first kappa shape index (κ1) is 14.3. The summed E-state index contributed by atoms with van der Waals surface area (Å²) in [5.41, 5.74) is 1.06. The molecule has 2 heterocycles. The maximum absolute atomic E-state index is 5.40. The molecule has 0 fully saturated rings. The molecule has 2 rings (SSSR count). The molecule has 19 heavy (non-hydrogen) atoms. The van der Waals surface area contributed by atoms with Crippen LogP contribution < -0.4 is 5.32 Å². The smallest absolute Gasteiger partial charge is 0.197 e. The Balaban J connectivity index is 2.47. The molecule has 0 radical (unpaired) electrons. The summed E-state index contributed by atoms with van der Waals surface area (Å²) >= 11 is 2.31. The normalized spacial score (nSPS) is 11.0. The molecular formula is C14H18IN3O. The molecule has 0 unspecified atom stereocenters. The first-order valence-electron chi connectivity index (χ1n) is 6.48. The summed E-state index contributed by atoms with van der Waals surface area (Å²) in [4.78, 5) is 9.20. The predicted molar refractivity (Wildman–Crippen MR) is 85.3 cm³/mol. The van der Waals surface area contributed by atoms with Gasteiger partial charge in [0.05, 0.1) is 15.5 Å². The number of halogens is 1. The lowest BCUT2D eigenvalue weighted by Gasteiger charge is -2.14. The van der Waals surface area contributed by atoms with Crippen LogP contribution >= 0.6 is 22.6 Å². The zero-order valence-corrected chi connectivity index (χ0v) is 13.6. The maximum atomic E-state index is 5.40. The van der Waals surface area contributed by atoms with Gasteiger partial charge in [0.1, 0.15) is 5.82 Å². The Morgan fingerprint density at radius 3 is 2.74 bits per heavy atom. The van der Waals surface area contributed by atoms with Crippen molar-refractivity contribution in [2.45, 2.75) is 33.1 Å². The fourth-order valence-corrected chi connectivity index (χ4v) is 2.78. The van der Waals surface area contributed by atoms with Crippen LogP contribution in [0, 0.1) is 3.57 Å². The Labute approximate surface area is 127 Å². The molecular weight excluding hydrogens is 353 g/mol. The average molecular weight is 371 g/mol. The van der Waals surface area contributed by atoms with Crippen LogP contribution in [0.1, 0.15) is 38.8 Å². The van der Waals surface area contributed by atoms with Crippen molar-refractivity contribution in [3.05, 3.63) is 27.7 Å². The van der Waals surface area contributed by atoms with E-state index in [1.807, 2.05) is 12.1 Å². The zero-order chi connectivity index (χ0) is 13.8. The number of hydrogen-bond acceptors (Lipinski definition) is 4. The largest absolute Gasteiger partial charge is 0.461 e. The lowest BCUT2D eigenvalue weighted by atomic mass is 10.1. The molecule has 0 aromatic carbocycles. The standard InChI is InChI=1S/C14H18IN3O/c1-4-7-16-14-11(15)12(9(2)3)17-13(18-14)10-6-5-8-19-10/h5-6,8-9H,4,7H2,1-3H3,(H,16,17,18). The highest BCUT2D eigenvalue weighted by molar-refractivity contribution is 14.1. The molecule has 2 aromatic rings. The van der Waals surface area contributed by atoms with Gasteiger partial charge in [-0.2, -0.15) is 0 Å². The Hall–Kier alpha value is -1.11. The highest BCUT2D eigenvalue weighted by atomic mass is 127. The summed E-state index contributed by atoms with van der Waals surface area (Å²) < 4.78 is 6.49. The number of furan rings is 1. The second-order valence-corrected chi connectivity index (χ2v) is 5.73. The molecule has 0 aliphatic heterocycles. The maximum Gasteiger partial charge on any atom is 0.197 e. The van der Waals surface area contributed by atoms with Crippen molar-refractivity contribution in [1.82, 2.24) is 9.97 Å². The van der Waals surface area contributed by atoms with Gasteiger partial charge in [-0.3, -0.25) is 0 Å². The number of nitrogens with one attached hydrogen (secondary N) is 1. The van der Waals surface area contributed by atoms with E-state index in [1.54, 1.807) is 6.26 Å². The van der Waals surface area contributed by atoms with Crippen LogP contribution in [0.3, 0.4) is 0 Å². The molecule has 0 aliphatic rings. The Kier molecular flexibility index (Phi) is 4.79. The summed E-state index contributed by atoms with van der Waals surface area (Å²) in [5.74, 6) is 2.60. The molecule has 0 spiro atoms. The highest BCUT2D eigenvalue weighted by Crippen LogP contribution is 2.28. The molecule has 0 bridgehead atoms. The van der Waals surface area contributed by atoms with E-state index in [2.05, 4.69) is 58.6 Å². The molecule has 4 nitrogen and oxygen atoms in total. The number of hydrogen-bond donors (Lipinski definition) is 1. The molecule has 0 aliphatic carbocycles. The van der Waals surface area contributed by atoms with Crippen molar-refractivity contribution < 1.29 is 4.42 Å². The third-order valence-corrected chi connectivity index (χ3v) is 3.77. The second kappa shape index (κ2) is 6.36. The minimum atomic E-state index is 0.353. The molecule has 2 aromatic heterocycles. The van der Waals surface area contributed by atoms with Gasteiger partial charge < -0.3 is 9.73 Å². The summed E-state index contributed by atoms with van der Waals surface area (Å²) in [5, 5.41) is 3.36. The Morgan fingerprint density at radius 1 is 1.37 bits per heavy atom. The van der Waals surface area contributed by atoms with E-state index < -0.39 is 0 Å². The third kappa shape index (κ3) is 3.26. The molecule has 0 saturated carbocycles. The predicted octanol–water partition coefficient (Wildman–Crippen LogP) is 4.29. The Bertz CT molecular complexity index is 538. The summed E-state index contributed by atoms with van der Waals surface area (Å²) in [6.07, 6.45) is 2.71. The van der Waals surface area contributed by atoms with Crippen molar-refractivity contribution in [1.29, 1.82) is 0 Å². The molecule has 5 heteroatoms. The van der Waals surface area contributed by atoms with Crippen molar-refractivity contribution >= 4 is 28.4 Å². The van der Waals surface area contributed by atoms with Crippen LogP contribution in [0.2, 0.25) is 0 Å². The minimum absolute atomic E-state index is 0.353. The molecule has 0 saturated heterocycles. The van der Waals surface area contributed by atoms with Crippen LogP contribution in [-0.2, 0) is 0 Å². The van der Waals surface area contributed by atoms with Gasteiger partial charge in [-0.1, -0.05) is 20.8 Å². The van der Waals surface area contributed by atoms with E-state index in [0.29, 0.717) is 17.5 Å². The van der Waals surface area contributed by atoms with Crippen molar-refractivity contribution in [2.75, 3.05) is 11.9 Å². The van der Waals surface area contributed by atoms with Crippen LogP contribution in [0.5, 0.6) is 0 Å². The Morgan fingerprint density at radius 2 is 2.16 bits per heavy atom. The second-order valence-electron chi connectivity index (χ2n) is 4.65. The van der Waals surface area contributed by atoms with Crippen molar-refractivity contribution in [3.63, 3.8) is 0 Å². The minimum Gasteiger partial charge on any atom is -0.461 e. The summed E-state index contributed by atoms with van der Waals surface area (Å²) in [6, 6.07) is 3.74. The monoisotopic (exact) mass is 371 g/mol. The molecule has 102 valence electrons. The lowest BCUT2D eigenvalue weighted by Crippen LogP contribution is -2.09.